The Hall–Kier alpha value is -0.540. The van der Waals surface area contributed by atoms with E-state index in [9.17, 15) is 5.11 Å². The second kappa shape index (κ2) is 3.91. The Morgan fingerprint density at radius 1 is 1.50 bits per heavy atom. The van der Waals surface area contributed by atoms with Crippen molar-refractivity contribution in [3.05, 3.63) is 28.2 Å². The zero-order valence-electron chi connectivity index (χ0n) is 8.03. The monoisotopic (exact) mass is 256 g/mol. The molecule has 1 aromatic rings. The summed E-state index contributed by atoms with van der Waals surface area (Å²) in [6, 6.07) is 5.75. The first-order chi connectivity index (χ1) is 6.72. The smallest absolute Gasteiger partial charge is 0.125 e. The van der Waals surface area contributed by atoms with Gasteiger partial charge in [-0.25, -0.2) is 0 Å². The van der Waals surface area contributed by atoms with Crippen molar-refractivity contribution in [2.24, 2.45) is 5.92 Å². The van der Waals surface area contributed by atoms with Crippen LogP contribution in [0.5, 0.6) is 5.75 Å². The molecule has 0 saturated heterocycles. The average Bonchev–Trinajstić information content (AvgIpc) is 3.00. The Labute approximate surface area is 92.0 Å². The summed E-state index contributed by atoms with van der Waals surface area (Å²) in [6.45, 7) is 0. The summed E-state index contributed by atoms with van der Waals surface area (Å²) in [6.07, 6.45) is 1.89. The Balaban J connectivity index is 2.30. The van der Waals surface area contributed by atoms with Gasteiger partial charge in [-0.2, -0.15) is 0 Å². The van der Waals surface area contributed by atoms with Gasteiger partial charge in [-0.05, 0) is 30.9 Å². The van der Waals surface area contributed by atoms with Crippen LogP contribution in [0.25, 0.3) is 0 Å². The average molecular weight is 257 g/mol. The van der Waals surface area contributed by atoms with Gasteiger partial charge in [-0.3, -0.25) is 0 Å². The lowest BCUT2D eigenvalue weighted by molar-refractivity contribution is 0.150. The van der Waals surface area contributed by atoms with Crippen molar-refractivity contribution in [2.45, 2.75) is 18.9 Å². The molecule has 0 spiro atoms. The van der Waals surface area contributed by atoms with Gasteiger partial charge in [-0.15, -0.1) is 0 Å². The van der Waals surface area contributed by atoms with E-state index in [4.69, 9.17) is 4.74 Å². The molecule has 1 fully saturated rings. The van der Waals surface area contributed by atoms with Crippen molar-refractivity contribution in [3.63, 3.8) is 0 Å². The first-order valence-corrected chi connectivity index (χ1v) is 5.53. The third kappa shape index (κ3) is 1.93. The number of halogens is 1. The zero-order valence-corrected chi connectivity index (χ0v) is 9.62. The fraction of sp³-hybridized carbons (Fsp3) is 0.455. The molecule has 0 aliphatic heterocycles. The highest BCUT2D eigenvalue weighted by Crippen LogP contribution is 2.43. The molecule has 0 aromatic heterocycles. The van der Waals surface area contributed by atoms with E-state index in [1.54, 1.807) is 7.11 Å². The van der Waals surface area contributed by atoms with E-state index < -0.39 is 0 Å². The van der Waals surface area contributed by atoms with Crippen molar-refractivity contribution in [1.82, 2.24) is 0 Å². The lowest BCUT2D eigenvalue weighted by Gasteiger charge is -2.14. The molecule has 1 aliphatic rings. The van der Waals surface area contributed by atoms with Crippen molar-refractivity contribution in [3.8, 4) is 5.75 Å². The first-order valence-electron chi connectivity index (χ1n) is 4.74. The highest BCUT2D eigenvalue weighted by molar-refractivity contribution is 9.10. The van der Waals surface area contributed by atoms with Gasteiger partial charge in [0, 0.05) is 10.0 Å². The van der Waals surface area contributed by atoms with Gasteiger partial charge in [0.1, 0.15) is 5.75 Å². The summed E-state index contributed by atoms with van der Waals surface area (Å²) >= 11 is 3.38. The van der Waals surface area contributed by atoms with E-state index in [0.29, 0.717) is 5.92 Å². The molecular weight excluding hydrogens is 244 g/mol. The second-order valence-electron chi connectivity index (χ2n) is 3.67. The van der Waals surface area contributed by atoms with Gasteiger partial charge < -0.3 is 9.84 Å². The molecule has 76 valence electrons. The van der Waals surface area contributed by atoms with Crippen LogP contribution in [0.3, 0.4) is 0 Å². The molecule has 1 N–H and O–H groups in total. The van der Waals surface area contributed by atoms with Crippen LogP contribution in [0, 0.1) is 5.92 Å². The minimum atomic E-state index is -0.363. The van der Waals surface area contributed by atoms with Gasteiger partial charge >= 0.3 is 0 Å². The van der Waals surface area contributed by atoms with Gasteiger partial charge in [0.2, 0.25) is 0 Å². The molecule has 1 aliphatic carbocycles. The fourth-order valence-corrected chi connectivity index (χ4v) is 1.94. The highest BCUT2D eigenvalue weighted by Gasteiger charge is 2.32. The first kappa shape index (κ1) is 9.99. The van der Waals surface area contributed by atoms with E-state index in [1.165, 1.54) is 0 Å². The lowest BCUT2D eigenvalue weighted by atomic mass is 10.0. The molecule has 1 aromatic carbocycles. The normalized spacial score (nSPS) is 17.9. The van der Waals surface area contributed by atoms with Gasteiger partial charge in [0.05, 0.1) is 13.2 Å². The summed E-state index contributed by atoms with van der Waals surface area (Å²) in [5, 5.41) is 9.97. The Bertz CT molecular complexity index is 334. The SMILES string of the molecule is COc1cc(Br)ccc1C(O)C1CC1. The molecule has 1 unspecified atom stereocenters. The third-order valence-electron chi connectivity index (χ3n) is 2.58. The van der Waals surface area contributed by atoms with E-state index >= 15 is 0 Å². The Morgan fingerprint density at radius 2 is 2.21 bits per heavy atom. The summed E-state index contributed by atoms with van der Waals surface area (Å²) in [5.74, 6) is 1.20. The summed E-state index contributed by atoms with van der Waals surface area (Å²) in [5.41, 5.74) is 0.901. The maximum Gasteiger partial charge on any atom is 0.125 e. The molecule has 2 rings (SSSR count). The number of benzene rings is 1. The van der Waals surface area contributed by atoms with Gasteiger partial charge in [-0.1, -0.05) is 22.0 Å². The fourth-order valence-electron chi connectivity index (χ4n) is 1.60. The number of aliphatic hydroxyl groups excluding tert-OH is 1. The molecule has 0 radical (unpaired) electrons. The molecule has 0 heterocycles. The maximum atomic E-state index is 9.97. The van der Waals surface area contributed by atoms with E-state index in [-0.39, 0.29) is 6.10 Å². The van der Waals surface area contributed by atoms with Crippen LogP contribution >= 0.6 is 15.9 Å². The largest absolute Gasteiger partial charge is 0.496 e. The molecule has 1 atom stereocenters. The van der Waals surface area contributed by atoms with Crippen LogP contribution in [0.4, 0.5) is 0 Å². The number of methoxy groups -OCH3 is 1. The zero-order chi connectivity index (χ0) is 10.1. The van der Waals surface area contributed by atoms with Crippen LogP contribution in [-0.4, -0.2) is 12.2 Å². The molecule has 0 bridgehead atoms. The Kier molecular flexibility index (Phi) is 2.79. The van der Waals surface area contributed by atoms with Crippen LogP contribution < -0.4 is 4.74 Å². The van der Waals surface area contributed by atoms with E-state index in [1.807, 2.05) is 18.2 Å². The van der Waals surface area contributed by atoms with Crippen molar-refractivity contribution >= 4 is 15.9 Å². The molecule has 0 amide bonds. The third-order valence-corrected chi connectivity index (χ3v) is 3.08. The van der Waals surface area contributed by atoms with E-state index in [2.05, 4.69) is 15.9 Å². The number of hydrogen-bond acceptors (Lipinski definition) is 2. The van der Waals surface area contributed by atoms with Crippen LogP contribution in [0.2, 0.25) is 0 Å². The van der Waals surface area contributed by atoms with Gasteiger partial charge in [0.15, 0.2) is 0 Å². The van der Waals surface area contributed by atoms with Crippen molar-refractivity contribution in [2.75, 3.05) is 7.11 Å². The quantitative estimate of drug-likeness (QED) is 0.902. The maximum absolute atomic E-state index is 9.97. The number of ether oxygens (including phenoxy) is 1. The van der Waals surface area contributed by atoms with Crippen molar-refractivity contribution in [1.29, 1.82) is 0 Å². The molecule has 2 nitrogen and oxygen atoms in total. The lowest BCUT2D eigenvalue weighted by Crippen LogP contribution is -2.02. The van der Waals surface area contributed by atoms with Gasteiger partial charge in [0.25, 0.3) is 0 Å². The van der Waals surface area contributed by atoms with Crippen LogP contribution in [0.1, 0.15) is 24.5 Å². The summed E-state index contributed by atoms with van der Waals surface area (Å²) < 4.78 is 6.21. The van der Waals surface area contributed by atoms with Crippen LogP contribution in [-0.2, 0) is 0 Å². The second-order valence-corrected chi connectivity index (χ2v) is 4.58. The number of aliphatic hydroxyl groups is 1. The molecule has 14 heavy (non-hydrogen) atoms. The molecule has 3 heteroatoms. The summed E-state index contributed by atoms with van der Waals surface area (Å²) in [7, 11) is 1.63. The highest BCUT2D eigenvalue weighted by atomic mass is 79.9. The predicted octanol–water partition coefficient (Wildman–Crippen LogP) is 2.90. The van der Waals surface area contributed by atoms with Crippen LogP contribution in [0.15, 0.2) is 22.7 Å². The topological polar surface area (TPSA) is 29.5 Å². The van der Waals surface area contributed by atoms with Crippen molar-refractivity contribution < 1.29 is 9.84 Å². The summed E-state index contributed by atoms with van der Waals surface area (Å²) in [4.78, 5) is 0. The van der Waals surface area contributed by atoms with E-state index in [0.717, 1.165) is 28.6 Å². The Morgan fingerprint density at radius 3 is 2.79 bits per heavy atom. The number of hydrogen-bond donors (Lipinski definition) is 1. The predicted molar refractivity (Wildman–Crippen MR) is 58.4 cm³/mol. The minimum Gasteiger partial charge on any atom is -0.496 e. The minimum absolute atomic E-state index is 0.363. The number of rotatable bonds is 3. The standard InChI is InChI=1S/C11H13BrO2/c1-14-10-6-8(12)4-5-9(10)11(13)7-2-3-7/h4-7,11,13H,2-3H2,1H3. The molecule has 1 saturated carbocycles. The molecular formula is C11H13BrO2.